The van der Waals surface area contributed by atoms with Crippen LogP contribution in [-0.2, 0) is 6.42 Å². The molecule has 0 N–H and O–H groups in total. The molecule has 0 aliphatic carbocycles. The summed E-state index contributed by atoms with van der Waals surface area (Å²) in [5.41, 5.74) is 2.35. The van der Waals surface area contributed by atoms with E-state index in [0.717, 1.165) is 18.5 Å². The fourth-order valence-corrected chi connectivity index (χ4v) is 0.884. The van der Waals surface area contributed by atoms with Gasteiger partial charge in [-0.25, -0.2) is 0 Å². The Hall–Kier alpha value is -1.11. The molecule has 0 saturated heterocycles. The topological polar surface area (TPSA) is 12.9 Å². The smallest absolute Gasteiger partial charge is 0.0443 e. The largest absolute Gasteiger partial charge is 0.261 e. The van der Waals surface area contributed by atoms with E-state index >= 15 is 0 Å². The van der Waals surface area contributed by atoms with Crippen LogP contribution >= 0.6 is 0 Å². The SMILES string of the molecule is C=C(CC)Cc1ccccn1. The Morgan fingerprint density at radius 3 is 2.91 bits per heavy atom. The van der Waals surface area contributed by atoms with Crippen molar-refractivity contribution >= 4 is 0 Å². The standard InChI is InChI=1S/C10H13N/c1-3-9(2)8-10-6-4-5-7-11-10/h4-7H,2-3,8H2,1H3. The van der Waals surface area contributed by atoms with Crippen LogP contribution in [0, 0.1) is 0 Å². The zero-order valence-corrected chi connectivity index (χ0v) is 6.88. The normalized spacial score (nSPS) is 9.55. The van der Waals surface area contributed by atoms with Gasteiger partial charge in [0, 0.05) is 18.3 Å². The molecule has 11 heavy (non-hydrogen) atoms. The van der Waals surface area contributed by atoms with E-state index in [2.05, 4.69) is 18.5 Å². The van der Waals surface area contributed by atoms with Crippen LogP contribution in [0.3, 0.4) is 0 Å². The molecule has 0 aliphatic heterocycles. The quantitative estimate of drug-likeness (QED) is 0.599. The molecule has 0 aromatic carbocycles. The molecule has 0 amide bonds. The van der Waals surface area contributed by atoms with E-state index in [1.807, 2.05) is 24.4 Å². The summed E-state index contributed by atoms with van der Waals surface area (Å²) in [5, 5.41) is 0. The van der Waals surface area contributed by atoms with Crippen molar-refractivity contribution in [3.63, 3.8) is 0 Å². The highest BCUT2D eigenvalue weighted by atomic mass is 14.7. The van der Waals surface area contributed by atoms with Gasteiger partial charge in [-0.1, -0.05) is 25.1 Å². The number of allylic oxidation sites excluding steroid dienone is 1. The molecular weight excluding hydrogens is 134 g/mol. The third kappa shape index (κ3) is 2.54. The Morgan fingerprint density at radius 1 is 1.55 bits per heavy atom. The van der Waals surface area contributed by atoms with Gasteiger partial charge < -0.3 is 0 Å². The third-order valence-electron chi connectivity index (χ3n) is 1.66. The Bertz CT molecular complexity index is 226. The van der Waals surface area contributed by atoms with Crippen molar-refractivity contribution in [3.05, 3.63) is 42.2 Å². The Labute approximate surface area is 67.8 Å². The molecule has 0 saturated carbocycles. The predicted molar refractivity (Wildman–Crippen MR) is 47.4 cm³/mol. The molecule has 0 bridgehead atoms. The van der Waals surface area contributed by atoms with Gasteiger partial charge in [-0.15, -0.1) is 0 Å². The molecule has 0 radical (unpaired) electrons. The van der Waals surface area contributed by atoms with Gasteiger partial charge in [0.05, 0.1) is 0 Å². The van der Waals surface area contributed by atoms with Crippen molar-refractivity contribution in [3.8, 4) is 0 Å². The first-order valence-corrected chi connectivity index (χ1v) is 3.89. The third-order valence-corrected chi connectivity index (χ3v) is 1.66. The van der Waals surface area contributed by atoms with Crippen LogP contribution in [-0.4, -0.2) is 4.98 Å². The van der Waals surface area contributed by atoms with Gasteiger partial charge in [-0.05, 0) is 18.6 Å². The molecule has 1 aromatic heterocycles. The predicted octanol–water partition coefficient (Wildman–Crippen LogP) is 2.59. The van der Waals surface area contributed by atoms with E-state index in [-0.39, 0.29) is 0 Å². The summed E-state index contributed by atoms with van der Waals surface area (Å²) in [6, 6.07) is 5.96. The van der Waals surface area contributed by atoms with E-state index < -0.39 is 0 Å². The lowest BCUT2D eigenvalue weighted by Gasteiger charge is -1.99. The van der Waals surface area contributed by atoms with E-state index in [0.29, 0.717) is 0 Å². The number of aromatic nitrogens is 1. The second-order valence-electron chi connectivity index (χ2n) is 2.60. The van der Waals surface area contributed by atoms with Gasteiger partial charge in [0.2, 0.25) is 0 Å². The number of hydrogen-bond donors (Lipinski definition) is 0. The summed E-state index contributed by atoms with van der Waals surface area (Å²) in [7, 11) is 0. The van der Waals surface area contributed by atoms with Crippen LogP contribution in [0.1, 0.15) is 19.0 Å². The van der Waals surface area contributed by atoms with Crippen molar-refractivity contribution in [2.75, 3.05) is 0 Å². The van der Waals surface area contributed by atoms with Crippen LogP contribution in [0.5, 0.6) is 0 Å². The van der Waals surface area contributed by atoms with Crippen molar-refractivity contribution in [1.29, 1.82) is 0 Å². The molecule has 0 fully saturated rings. The number of rotatable bonds is 3. The number of pyridine rings is 1. The zero-order chi connectivity index (χ0) is 8.10. The van der Waals surface area contributed by atoms with Crippen LogP contribution in [0.4, 0.5) is 0 Å². The summed E-state index contributed by atoms with van der Waals surface area (Å²) < 4.78 is 0. The summed E-state index contributed by atoms with van der Waals surface area (Å²) in [4.78, 5) is 4.21. The van der Waals surface area contributed by atoms with Crippen molar-refractivity contribution in [1.82, 2.24) is 4.98 Å². The maximum Gasteiger partial charge on any atom is 0.0443 e. The summed E-state index contributed by atoms with van der Waals surface area (Å²) in [6.07, 6.45) is 3.77. The maximum atomic E-state index is 4.21. The van der Waals surface area contributed by atoms with E-state index in [4.69, 9.17) is 0 Å². The molecular formula is C10H13N. The monoisotopic (exact) mass is 147 g/mol. The lowest BCUT2D eigenvalue weighted by atomic mass is 10.1. The minimum atomic E-state index is 0.914. The molecule has 1 heteroatoms. The van der Waals surface area contributed by atoms with Crippen LogP contribution in [0.25, 0.3) is 0 Å². The Kier molecular flexibility index (Phi) is 2.84. The van der Waals surface area contributed by atoms with Gasteiger partial charge >= 0.3 is 0 Å². The minimum absolute atomic E-state index is 0.914. The second-order valence-corrected chi connectivity index (χ2v) is 2.60. The average molecular weight is 147 g/mol. The van der Waals surface area contributed by atoms with E-state index in [1.165, 1.54) is 5.57 Å². The molecule has 0 spiro atoms. The molecule has 58 valence electrons. The molecule has 1 aromatic rings. The summed E-state index contributed by atoms with van der Waals surface area (Å²) in [5.74, 6) is 0. The van der Waals surface area contributed by atoms with Gasteiger partial charge in [0.25, 0.3) is 0 Å². The number of nitrogens with zero attached hydrogens (tertiary/aromatic N) is 1. The van der Waals surface area contributed by atoms with Crippen LogP contribution < -0.4 is 0 Å². The van der Waals surface area contributed by atoms with Crippen molar-refractivity contribution in [2.45, 2.75) is 19.8 Å². The number of hydrogen-bond acceptors (Lipinski definition) is 1. The van der Waals surface area contributed by atoms with Gasteiger partial charge in [0.1, 0.15) is 0 Å². The summed E-state index contributed by atoms with van der Waals surface area (Å²) in [6.45, 7) is 6.04. The Morgan fingerprint density at radius 2 is 2.36 bits per heavy atom. The fraction of sp³-hybridized carbons (Fsp3) is 0.300. The zero-order valence-electron chi connectivity index (χ0n) is 6.88. The first-order valence-electron chi connectivity index (χ1n) is 3.89. The molecule has 0 aliphatic rings. The van der Waals surface area contributed by atoms with Gasteiger partial charge in [-0.3, -0.25) is 4.98 Å². The first kappa shape index (κ1) is 7.99. The van der Waals surface area contributed by atoms with Crippen LogP contribution in [0.2, 0.25) is 0 Å². The molecule has 0 atom stereocenters. The first-order chi connectivity index (χ1) is 5.33. The lowest BCUT2D eigenvalue weighted by Crippen LogP contribution is -1.90. The van der Waals surface area contributed by atoms with E-state index in [9.17, 15) is 0 Å². The molecule has 1 rings (SSSR count). The second kappa shape index (κ2) is 3.91. The average Bonchev–Trinajstić information content (AvgIpc) is 2.06. The summed E-state index contributed by atoms with van der Waals surface area (Å²) >= 11 is 0. The van der Waals surface area contributed by atoms with Gasteiger partial charge in [0.15, 0.2) is 0 Å². The van der Waals surface area contributed by atoms with Crippen molar-refractivity contribution < 1.29 is 0 Å². The maximum absolute atomic E-state index is 4.21. The van der Waals surface area contributed by atoms with Crippen molar-refractivity contribution in [2.24, 2.45) is 0 Å². The fourth-order valence-electron chi connectivity index (χ4n) is 0.884. The van der Waals surface area contributed by atoms with E-state index in [1.54, 1.807) is 0 Å². The highest BCUT2D eigenvalue weighted by Gasteiger charge is 1.93. The van der Waals surface area contributed by atoms with Crippen LogP contribution in [0.15, 0.2) is 36.5 Å². The Balaban J connectivity index is 2.58. The lowest BCUT2D eigenvalue weighted by molar-refractivity contribution is 0.972. The highest BCUT2D eigenvalue weighted by Crippen LogP contribution is 2.05. The molecule has 1 nitrogen and oxygen atoms in total. The minimum Gasteiger partial charge on any atom is -0.261 e. The van der Waals surface area contributed by atoms with Gasteiger partial charge in [-0.2, -0.15) is 0 Å². The molecule has 1 heterocycles. The highest BCUT2D eigenvalue weighted by molar-refractivity contribution is 5.11. The molecule has 0 unspecified atom stereocenters.